The van der Waals surface area contributed by atoms with Crippen LogP contribution in [0.4, 0.5) is 5.69 Å². The third kappa shape index (κ3) is 3.39. The molecule has 2 aromatic carbocycles. The number of benzene rings is 2. The van der Waals surface area contributed by atoms with Crippen LogP contribution in [0.5, 0.6) is 0 Å². The molecule has 0 spiro atoms. The Kier molecular flexibility index (Phi) is 5.09. The Morgan fingerprint density at radius 1 is 1.00 bits per heavy atom. The Morgan fingerprint density at radius 3 is 2.45 bits per heavy atom. The molecule has 0 aliphatic carbocycles. The van der Waals surface area contributed by atoms with E-state index in [0.29, 0.717) is 29.3 Å². The summed E-state index contributed by atoms with van der Waals surface area (Å²) in [6.45, 7) is 5.10. The molecule has 1 atom stereocenters. The highest BCUT2D eigenvalue weighted by atomic mass is 16.2. The first-order chi connectivity index (χ1) is 14.0. The molecule has 0 saturated heterocycles. The molecule has 150 valence electrons. The maximum atomic E-state index is 13.2. The third-order valence-corrected chi connectivity index (χ3v) is 5.51. The van der Waals surface area contributed by atoms with Gasteiger partial charge >= 0.3 is 0 Å². The number of carbonyl (C=O) groups excluding carboxylic acids is 3. The van der Waals surface area contributed by atoms with Crippen molar-refractivity contribution in [2.45, 2.75) is 32.9 Å². The van der Waals surface area contributed by atoms with Gasteiger partial charge in [-0.1, -0.05) is 44.2 Å². The van der Waals surface area contributed by atoms with Crippen LogP contribution in [0.1, 0.15) is 59.1 Å². The molecule has 2 aliphatic heterocycles. The van der Waals surface area contributed by atoms with E-state index in [0.717, 1.165) is 12.0 Å². The lowest BCUT2D eigenvalue weighted by atomic mass is 10.0. The second-order valence-corrected chi connectivity index (χ2v) is 7.93. The molecule has 0 bridgehead atoms. The van der Waals surface area contributed by atoms with Gasteiger partial charge in [0.15, 0.2) is 0 Å². The SMILES string of the molecule is CC(C)CCNC(=O)CCN1C(=O)c2ccccc2N2C(=O)c3ccccc3[C@H]12. The number of hydrogen-bond donors (Lipinski definition) is 1. The molecule has 1 N–H and O–H groups in total. The van der Waals surface area contributed by atoms with E-state index in [2.05, 4.69) is 19.2 Å². The van der Waals surface area contributed by atoms with Crippen LogP contribution in [0.3, 0.4) is 0 Å². The smallest absolute Gasteiger partial charge is 0.260 e. The van der Waals surface area contributed by atoms with E-state index in [4.69, 9.17) is 0 Å². The summed E-state index contributed by atoms with van der Waals surface area (Å²) >= 11 is 0. The standard InChI is InChI=1S/C23H25N3O3/c1-15(2)11-13-24-20(27)12-14-25-21-16-7-3-4-8-17(16)23(29)26(21)19-10-6-5-9-18(19)22(25)28/h3-10,15,21H,11-14H2,1-2H3,(H,24,27)/t21-/m1/s1. The lowest BCUT2D eigenvalue weighted by Crippen LogP contribution is -2.49. The van der Waals surface area contributed by atoms with Crippen molar-refractivity contribution in [3.05, 3.63) is 65.2 Å². The molecule has 6 nitrogen and oxygen atoms in total. The quantitative estimate of drug-likeness (QED) is 0.821. The Labute approximate surface area is 170 Å². The van der Waals surface area contributed by atoms with E-state index in [-0.39, 0.29) is 30.7 Å². The van der Waals surface area contributed by atoms with E-state index in [1.54, 1.807) is 34.1 Å². The zero-order valence-electron chi connectivity index (χ0n) is 16.7. The molecule has 0 aromatic heterocycles. The van der Waals surface area contributed by atoms with Crippen molar-refractivity contribution in [2.75, 3.05) is 18.0 Å². The average molecular weight is 391 g/mol. The summed E-state index contributed by atoms with van der Waals surface area (Å²) in [7, 11) is 0. The van der Waals surface area contributed by atoms with Gasteiger partial charge < -0.3 is 10.2 Å². The van der Waals surface area contributed by atoms with Crippen molar-refractivity contribution in [1.29, 1.82) is 0 Å². The van der Waals surface area contributed by atoms with Gasteiger partial charge in [-0.25, -0.2) is 0 Å². The van der Waals surface area contributed by atoms with Crippen LogP contribution in [0.25, 0.3) is 0 Å². The average Bonchev–Trinajstić information content (AvgIpc) is 3.01. The molecule has 0 unspecified atom stereocenters. The van der Waals surface area contributed by atoms with Crippen LogP contribution < -0.4 is 10.2 Å². The molecule has 0 saturated carbocycles. The molecule has 0 fully saturated rings. The van der Waals surface area contributed by atoms with Crippen molar-refractivity contribution >= 4 is 23.4 Å². The molecule has 4 rings (SSSR count). The van der Waals surface area contributed by atoms with Crippen LogP contribution in [-0.4, -0.2) is 35.7 Å². The molecule has 29 heavy (non-hydrogen) atoms. The van der Waals surface area contributed by atoms with Gasteiger partial charge in [-0.3, -0.25) is 19.3 Å². The second-order valence-electron chi connectivity index (χ2n) is 7.93. The van der Waals surface area contributed by atoms with Gasteiger partial charge in [0.1, 0.15) is 6.17 Å². The second kappa shape index (κ2) is 7.70. The first-order valence-electron chi connectivity index (χ1n) is 10.1. The maximum absolute atomic E-state index is 13.2. The molecule has 2 aliphatic rings. The highest BCUT2D eigenvalue weighted by molar-refractivity contribution is 6.16. The first-order valence-corrected chi connectivity index (χ1v) is 10.1. The number of anilines is 1. The van der Waals surface area contributed by atoms with Gasteiger partial charge in [0.05, 0.1) is 11.3 Å². The maximum Gasteiger partial charge on any atom is 0.260 e. The minimum absolute atomic E-state index is 0.0820. The van der Waals surface area contributed by atoms with Crippen LogP contribution in [-0.2, 0) is 4.79 Å². The Morgan fingerprint density at radius 2 is 1.69 bits per heavy atom. The summed E-state index contributed by atoms with van der Waals surface area (Å²) < 4.78 is 0. The summed E-state index contributed by atoms with van der Waals surface area (Å²) in [4.78, 5) is 42.0. The summed E-state index contributed by atoms with van der Waals surface area (Å²) in [6, 6.07) is 14.5. The fourth-order valence-electron chi connectivity index (χ4n) is 4.01. The van der Waals surface area contributed by atoms with Crippen LogP contribution >= 0.6 is 0 Å². The zero-order chi connectivity index (χ0) is 20.5. The van der Waals surface area contributed by atoms with Crippen LogP contribution in [0.15, 0.2) is 48.5 Å². The summed E-state index contributed by atoms with van der Waals surface area (Å²) in [6.07, 6.45) is 0.608. The number of fused-ring (bicyclic) bond motifs is 5. The molecule has 2 aromatic rings. The number of nitrogens with one attached hydrogen (secondary N) is 1. The topological polar surface area (TPSA) is 69.7 Å². The largest absolute Gasteiger partial charge is 0.356 e. The third-order valence-electron chi connectivity index (χ3n) is 5.51. The zero-order valence-corrected chi connectivity index (χ0v) is 16.7. The van der Waals surface area contributed by atoms with Crippen molar-refractivity contribution in [3.63, 3.8) is 0 Å². The van der Waals surface area contributed by atoms with Crippen molar-refractivity contribution < 1.29 is 14.4 Å². The Hall–Kier alpha value is -3.15. The van der Waals surface area contributed by atoms with Gasteiger partial charge in [-0.15, -0.1) is 0 Å². The molecule has 2 heterocycles. The fraction of sp³-hybridized carbons (Fsp3) is 0.348. The van der Waals surface area contributed by atoms with Gasteiger partial charge in [-0.05, 0) is 30.5 Å². The summed E-state index contributed by atoms with van der Waals surface area (Å²) in [5.41, 5.74) is 2.53. The predicted octanol–water partition coefficient (Wildman–Crippen LogP) is 3.35. The van der Waals surface area contributed by atoms with Gasteiger partial charge in [-0.2, -0.15) is 0 Å². The lowest BCUT2D eigenvalue weighted by Gasteiger charge is -2.40. The predicted molar refractivity (Wildman–Crippen MR) is 111 cm³/mol. The van der Waals surface area contributed by atoms with E-state index in [1.807, 2.05) is 24.3 Å². The summed E-state index contributed by atoms with van der Waals surface area (Å²) in [5.74, 6) is 0.171. The van der Waals surface area contributed by atoms with Crippen molar-refractivity contribution in [2.24, 2.45) is 5.92 Å². The van der Waals surface area contributed by atoms with Crippen LogP contribution in [0, 0.1) is 5.92 Å². The van der Waals surface area contributed by atoms with Gasteiger partial charge in [0, 0.05) is 30.6 Å². The molecule has 6 heteroatoms. The van der Waals surface area contributed by atoms with Gasteiger partial charge in [0.2, 0.25) is 5.91 Å². The van der Waals surface area contributed by atoms with Crippen molar-refractivity contribution in [3.8, 4) is 0 Å². The highest BCUT2D eigenvalue weighted by Crippen LogP contribution is 2.45. The Balaban J connectivity index is 1.61. The number of hydrogen-bond acceptors (Lipinski definition) is 3. The van der Waals surface area contributed by atoms with E-state index in [9.17, 15) is 14.4 Å². The number of rotatable bonds is 6. The Bertz CT molecular complexity index is 969. The first kappa shape index (κ1) is 19.2. The van der Waals surface area contributed by atoms with Gasteiger partial charge in [0.25, 0.3) is 11.8 Å². The highest BCUT2D eigenvalue weighted by Gasteiger charge is 2.47. The van der Waals surface area contributed by atoms with E-state index >= 15 is 0 Å². The molecule has 0 radical (unpaired) electrons. The molecule has 3 amide bonds. The number of nitrogens with zero attached hydrogens (tertiary/aromatic N) is 2. The molecular formula is C23H25N3O3. The normalized spacial score (nSPS) is 17.3. The fourth-order valence-corrected chi connectivity index (χ4v) is 4.01. The summed E-state index contributed by atoms with van der Waals surface area (Å²) in [5, 5.41) is 2.92. The number of amides is 3. The monoisotopic (exact) mass is 391 g/mol. The number of para-hydroxylation sites is 1. The minimum atomic E-state index is -0.510. The van der Waals surface area contributed by atoms with E-state index in [1.165, 1.54) is 0 Å². The molecular weight excluding hydrogens is 366 g/mol. The van der Waals surface area contributed by atoms with Crippen LogP contribution in [0.2, 0.25) is 0 Å². The van der Waals surface area contributed by atoms with Crippen molar-refractivity contribution in [1.82, 2.24) is 10.2 Å². The lowest BCUT2D eigenvalue weighted by molar-refractivity contribution is -0.121. The van der Waals surface area contributed by atoms with E-state index < -0.39 is 6.17 Å². The minimum Gasteiger partial charge on any atom is -0.356 e. The number of carbonyl (C=O) groups is 3.